The van der Waals surface area contributed by atoms with Gasteiger partial charge in [-0.25, -0.2) is 8.78 Å². The van der Waals surface area contributed by atoms with E-state index in [-0.39, 0.29) is 44.8 Å². The molecule has 1 aliphatic heterocycles. The maximum absolute atomic E-state index is 13.0. The number of carboxylic acids is 1. The molecule has 0 aromatic carbocycles. The molecular weight excluding hydrogens is 272 g/mol. The molecular formula is C13H19F2NO4. The Balaban J connectivity index is 1.93. The van der Waals surface area contributed by atoms with Gasteiger partial charge in [-0.05, 0) is 19.8 Å². The number of aliphatic carboxylic acids is 1. The number of halogens is 2. The van der Waals surface area contributed by atoms with Crippen molar-refractivity contribution in [3.63, 3.8) is 0 Å². The fraction of sp³-hybridized carbons (Fsp3) is 0.846. The average Bonchev–Trinajstić information content (AvgIpc) is 2.72. The smallest absolute Gasteiger partial charge is 0.313 e. The number of nitrogens with one attached hydrogen (secondary N) is 1. The summed E-state index contributed by atoms with van der Waals surface area (Å²) in [5.41, 5.74) is -1.16. The highest BCUT2D eigenvalue weighted by Gasteiger charge is 2.48. The first kappa shape index (κ1) is 15.2. The zero-order valence-corrected chi connectivity index (χ0v) is 11.3. The van der Waals surface area contributed by atoms with Crippen LogP contribution in [0.15, 0.2) is 0 Å². The van der Waals surface area contributed by atoms with Gasteiger partial charge in [0.25, 0.3) is 0 Å². The van der Waals surface area contributed by atoms with E-state index in [0.29, 0.717) is 0 Å². The molecule has 2 rings (SSSR count). The molecule has 1 saturated heterocycles. The monoisotopic (exact) mass is 291 g/mol. The third-order valence-corrected chi connectivity index (χ3v) is 4.35. The van der Waals surface area contributed by atoms with Crippen molar-refractivity contribution in [2.24, 2.45) is 11.3 Å². The second kappa shape index (κ2) is 5.27. The maximum Gasteiger partial charge on any atom is 0.313 e. The third-order valence-electron chi connectivity index (χ3n) is 4.35. The minimum Gasteiger partial charge on any atom is -0.481 e. The summed E-state index contributed by atoms with van der Waals surface area (Å²) in [4.78, 5) is 23.3. The highest BCUT2D eigenvalue weighted by Crippen LogP contribution is 2.36. The first-order valence-corrected chi connectivity index (χ1v) is 6.74. The SMILES string of the molecule is CC1(C(=O)O)COCC1NC(=O)C1CCC(F)(F)CC1. The quantitative estimate of drug-likeness (QED) is 0.824. The van der Waals surface area contributed by atoms with E-state index in [0.717, 1.165) is 0 Å². The van der Waals surface area contributed by atoms with E-state index >= 15 is 0 Å². The van der Waals surface area contributed by atoms with Gasteiger partial charge in [0, 0.05) is 18.8 Å². The predicted molar refractivity (Wildman–Crippen MR) is 65.4 cm³/mol. The first-order chi connectivity index (χ1) is 9.24. The normalized spacial score (nSPS) is 33.9. The molecule has 2 aliphatic rings. The molecule has 114 valence electrons. The van der Waals surface area contributed by atoms with Crippen LogP contribution in [0.4, 0.5) is 8.78 Å². The number of carbonyl (C=O) groups is 2. The highest BCUT2D eigenvalue weighted by molar-refractivity contribution is 5.81. The lowest BCUT2D eigenvalue weighted by Crippen LogP contribution is -2.51. The van der Waals surface area contributed by atoms with Gasteiger partial charge in [-0.15, -0.1) is 0 Å². The van der Waals surface area contributed by atoms with Crippen LogP contribution in [-0.2, 0) is 14.3 Å². The summed E-state index contributed by atoms with van der Waals surface area (Å²) in [6, 6.07) is -0.616. The van der Waals surface area contributed by atoms with Crippen LogP contribution in [0.5, 0.6) is 0 Å². The van der Waals surface area contributed by atoms with Crippen LogP contribution in [0.2, 0.25) is 0 Å². The van der Waals surface area contributed by atoms with Crippen LogP contribution in [0.25, 0.3) is 0 Å². The summed E-state index contributed by atoms with van der Waals surface area (Å²) in [5, 5.41) is 11.9. The standard InChI is InChI=1S/C13H19F2NO4/c1-12(11(18)19)7-20-6-9(12)16-10(17)8-2-4-13(14,15)5-3-8/h8-9H,2-7H2,1H3,(H,16,17)(H,18,19). The van der Waals surface area contributed by atoms with E-state index in [2.05, 4.69) is 5.32 Å². The Morgan fingerprint density at radius 3 is 2.45 bits per heavy atom. The van der Waals surface area contributed by atoms with Crippen molar-refractivity contribution < 1.29 is 28.2 Å². The van der Waals surface area contributed by atoms with Crippen molar-refractivity contribution in [3.8, 4) is 0 Å². The number of rotatable bonds is 3. The molecule has 2 unspecified atom stereocenters. The van der Waals surface area contributed by atoms with Crippen LogP contribution in [0.3, 0.4) is 0 Å². The molecule has 2 atom stereocenters. The Morgan fingerprint density at radius 2 is 1.90 bits per heavy atom. The number of alkyl halides is 2. The second-order valence-corrected chi connectivity index (χ2v) is 5.93. The van der Waals surface area contributed by atoms with E-state index in [4.69, 9.17) is 4.74 Å². The van der Waals surface area contributed by atoms with E-state index in [9.17, 15) is 23.5 Å². The van der Waals surface area contributed by atoms with Crippen molar-refractivity contribution in [1.29, 1.82) is 0 Å². The van der Waals surface area contributed by atoms with E-state index in [1.165, 1.54) is 6.92 Å². The molecule has 1 heterocycles. The molecule has 2 N–H and O–H groups in total. The Labute approximate surface area is 115 Å². The molecule has 2 fully saturated rings. The second-order valence-electron chi connectivity index (χ2n) is 5.93. The average molecular weight is 291 g/mol. The Morgan fingerprint density at radius 1 is 1.30 bits per heavy atom. The van der Waals surface area contributed by atoms with Crippen LogP contribution in [-0.4, -0.2) is 42.2 Å². The summed E-state index contributed by atoms with van der Waals surface area (Å²) in [7, 11) is 0. The summed E-state index contributed by atoms with van der Waals surface area (Å²) in [6.45, 7) is 1.69. The van der Waals surface area contributed by atoms with Gasteiger partial charge >= 0.3 is 5.97 Å². The Kier molecular flexibility index (Phi) is 4.00. The molecule has 5 nitrogen and oxygen atoms in total. The number of carboxylic acid groups (broad SMARTS) is 1. The van der Waals surface area contributed by atoms with Gasteiger partial charge in [0.15, 0.2) is 0 Å². The molecule has 0 bridgehead atoms. The van der Waals surface area contributed by atoms with Gasteiger partial charge in [-0.2, -0.15) is 0 Å². The summed E-state index contributed by atoms with van der Waals surface area (Å²) < 4.78 is 31.2. The van der Waals surface area contributed by atoms with E-state index in [1.54, 1.807) is 0 Å². The van der Waals surface area contributed by atoms with Gasteiger partial charge in [-0.1, -0.05) is 0 Å². The van der Waals surface area contributed by atoms with Crippen molar-refractivity contribution in [3.05, 3.63) is 0 Å². The van der Waals surface area contributed by atoms with Crippen molar-refractivity contribution >= 4 is 11.9 Å². The number of amides is 1. The lowest BCUT2D eigenvalue weighted by atomic mass is 9.83. The van der Waals surface area contributed by atoms with Crippen LogP contribution in [0.1, 0.15) is 32.6 Å². The van der Waals surface area contributed by atoms with Gasteiger partial charge in [0.05, 0.1) is 19.3 Å². The molecule has 0 aromatic heterocycles. The molecule has 1 aliphatic carbocycles. The maximum atomic E-state index is 13.0. The Bertz CT molecular complexity index is 405. The predicted octanol–water partition coefficient (Wildman–Crippen LogP) is 1.42. The molecule has 0 radical (unpaired) electrons. The molecule has 20 heavy (non-hydrogen) atoms. The molecule has 7 heteroatoms. The number of hydrogen-bond donors (Lipinski definition) is 2. The molecule has 0 spiro atoms. The minimum atomic E-state index is -2.68. The fourth-order valence-electron chi connectivity index (χ4n) is 2.68. The van der Waals surface area contributed by atoms with Crippen molar-refractivity contribution in [2.45, 2.75) is 44.6 Å². The van der Waals surface area contributed by atoms with Gasteiger partial charge in [0.1, 0.15) is 5.41 Å². The lowest BCUT2D eigenvalue weighted by Gasteiger charge is -2.30. The molecule has 1 amide bonds. The molecule has 0 aromatic rings. The van der Waals surface area contributed by atoms with Crippen LogP contribution >= 0.6 is 0 Å². The zero-order valence-electron chi connectivity index (χ0n) is 11.3. The van der Waals surface area contributed by atoms with Gasteiger partial charge in [-0.3, -0.25) is 9.59 Å². The fourth-order valence-corrected chi connectivity index (χ4v) is 2.68. The van der Waals surface area contributed by atoms with Gasteiger partial charge < -0.3 is 15.2 Å². The molecule has 1 saturated carbocycles. The minimum absolute atomic E-state index is 0.0377. The van der Waals surface area contributed by atoms with Crippen LogP contribution in [0, 0.1) is 11.3 Å². The van der Waals surface area contributed by atoms with E-state index in [1.807, 2.05) is 0 Å². The van der Waals surface area contributed by atoms with Gasteiger partial charge in [0.2, 0.25) is 11.8 Å². The first-order valence-electron chi connectivity index (χ1n) is 6.74. The largest absolute Gasteiger partial charge is 0.481 e. The number of ether oxygens (including phenoxy) is 1. The lowest BCUT2D eigenvalue weighted by molar-refractivity contribution is -0.149. The number of carbonyl (C=O) groups excluding carboxylic acids is 1. The summed E-state index contributed by atoms with van der Waals surface area (Å²) in [5.74, 6) is -4.52. The van der Waals surface area contributed by atoms with Crippen molar-refractivity contribution in [1.82, 2.24) is 5.32 Å². The van der Waals surface area contributed by atoms with Crippen molar-refractivity contribution in [2.75, 3.05) is 13.2 Å². The summed E-state index contributed by atoms with van der Waals surface area (Å²) in [6.07, 6.45) is -0.308. The topological polar surface area (TPSA) is 75.6 Å². The zero-order chi connectivity index (χ0) is 15.0. The third kappa shape index (κ3) is 2.92. The highest BCUT2D eigenvalue weighted by atomic mass is 19.3. The Hall–Kier alpha value is -1.24. The summed E-state index contributed by atoms with van der Waals surface area (Å²) >= 11 is 0. The van der Waals surface area contributed by atoms with E-state index < -0.39 is 29.3 Å². The van der Waals surface area contributed by atoms with Crippen LogP contribution < -0.4 is 5.32 Å². The number of hydrogen-bond acceptors (Lipinski definition) is 3.